The smallest absolute Gasteiger partial charge is 0.0719 e. The van der Waals surface area contributed by atoms with Crippen LogP contribution < -0.4 is 5.32 Å². The van der Waals surface area contributed by atoms with Crippen molar-refractivity contribution in [2.45, 2.75) is 6.42 Å². The molecule has 1 heterocycles. The summed E-state index contributed by atoms with van der Waals surface area (Å²) in [6, 6.07) is 3.64. The van der Waals surface area contributed by atoms with Gasteiger partial charge in [0.1, 0.15) is 0 Å². The summed E-state index contributed by atoms with van der Waals surface area (Å²) >= 11 is 15.6. The van der Waals surface area contributed by atoms with E-state index in [0.717, 1.165) is 23.1 Å². The number of anilines is 1. The quantitative estimate of drug-likeness (QED) is 0.899. The third-order valence-corrected chi connectivity index (χ3v) is 3.53. The summed E-state index contributed by atoms with van der Waals surface area (Å²) in [6.07, 6.45) is 4.72. The molecule has 0 aliphatic rings. The molecule has 0 bridgehead atoms. The van der Waals surface area contributed by atoms with Gasteiger partial charge in [-0.2, -0.15) is 5.10 Å². The molecule has 1 aromatic heterocycles. The standard InChI is InChI=1S/C12H12BrCl2N3/c1-18-7-8(6-17-18)2-3-16-12-10(14)4-9(13)5-11(12)15/h4-7,16H,2-3H2,1H3. The van der Waals surface area contributed by atoms with Gasteiger partial charge in [-0.15, -0.1) is 0 Å². The maximum Gasteiger partial charge on any atom is 0.0719 e. The van der Waals surface area contributed by atoms with Crippen LogP contribution in [0, 0.1) is 0 Å². The van der Waals surface area contributed by atoms with Crippen LogP contribution in [0.5, 0.6) is 0 Å². The first-order valence-electron chi connectivity index (χ1n) is 5.42. The highest BCUT2D eigenvalue weighted by molar-refractivity contribution is 9.10. The summed E-state index contributed by atoms with van der Waals surface area (Å²) < 4.78 is 2.66. The largest absolute Gasteiger partial charge is 0.382 e. The minimum Gasteiger partial charge on any atom is -0.382 e. The Hall–Kier alpha value is -0.710. The number of nitrogens with zero attached hydrogens (tertiary/aromatic N) is 2. The van der Waals surface area contributed by atoms with Crippen molar-refractivity contribution in [2.75, 3.05) is 11.9 Å². The number of hydrogen-bond acceptors (Lipinski definition) is 2. The molecule has 0 unspecified atom stereocenters. The summed E-state index contributed by atoms with van der Waals surface area (Å²) in [6.45, 7) is 0.757. The van der Waals surface area contributed by atoms with Crippen LogP contribution >= 0.6 is 39.1 Å². The first-order chi connectivity index (χ1) is 8.56. The van der Waals surface area contributed by atoms with Crippen LogP contribution in [0.2, 0.25) is 10.0 Å². The predicted molar refractivity (Wildman–Crippen MR) is 79.6 cm³/mol. The SMILES string of the molecule is Cn1cc(CCNc2c(Cl)cc(Br)cc2Cl)cn1. The molecule has 0 saturated carbocycles. The van der Waals surface area contributed by atoms with Crippen LogP contribution in [-0.4, -0.2) is 16.3 Å². The van der Waals surface area contributed by atoms with Gasteiger partial charge in [0.05, 0.1) is 21.9 Å². The van der Waals surface area contributed by atoms with E-state index in [1.807, 2.05) is 31.6 Å². The number of halogens is 3. The van der Waals surface area contributed by atoms with Crippen molar-refractivity contribution in [2.24, 2.45) is 7.05 Å². The van der Waals surface area contributed by atoms with Gasteiger partial charge >= 0.3 is 0 Å². The van der Waals surface area contributed by atoms with E-state index in [2.05, 4.69) is 26.3 Å². The van der Waals surface area contributed by atoms with Crippen molar-refractivity contribution < 1.29 is 0 Å². The molecule has 2 aromatic rings. The van der Waals surface area contributed by atoms with Gasteiger partial charge in [-0.1, -0.05) is 39.1 Å². The van der Waals surface area contributed by atoms with E-state index in [-0.39, 0.29) is 0 Å². The molecule has 0 aliphatic carbocycles. The van der Waals surface area contributed by atoms with Crippen LogP contribution in [0.25, 0.3) is 0 Å². The zero-order chi connectivity index (χ0) is 13.1. The minimum atomic E-state index is 0.612. The highest BCUT2D eigenvalue weighted by Gasteiger charge is 2.07. The highest BCUT2D eigenvalue weighted by Crippen LogP contribution is 2.33. The van der Waals surface area contributed by atoms with Gasteiger partial charge < -0.3 is 5.32 Å². The van der Waals surface area contributed by atoms with E-state index in [4.69, 9.17) is 23.2 Å². The fourth-order valence-corrected chi connectivity index (χ4v) is 2.99. The Labute approximate surface area is 124 Å². The van der Waals surface area contributed by atoms with Crippen molar-refractivity contribution in [3.63, 3.8) is 0 Å². The monoisotopic (exact) mass is 347 g/mol. The number of hydrogen-bond donors (Lipinski definition) is 1. The normalized spacial score (nSPS) is 10.7. The summed E-state index contributed by atoms with van der Waals surface area (Å²) in [7, 11) is 1.90. The van der Waals surface area contributed by atoms with E-state index in [1.54, 1.807) is 4.68 Å². The van der Waals surface area contributed by atoms with E-state index < -0.39 is 0 Å². The molecule has 0 atom stereocenters. The Balaban J connectivity index is 1.98. The van der Waals surface area contributed by atoms with E-state index in [9.17, 15) is 0 Å². The third-order valence-electron chi connectivity index (χ3n) is 2.48. The van der Waals surface area contributed by atoms with E-state index >= 15 is 0 Å². The molecule has 0 saturated heterocycles. The Morgan fingerprint density at radius 1 is 1.33 bits per heavy atom. The second-order valence-electron chi connectivity index (χ2n) is 3.94. The van der Waals surface area contributed by atoms with Crippen LogP contribution in [0.15, 0.2) is 29.0 Å². The Morgan fingerprint density at radius 3 is 2.56 bits per heavy atom. The Morgan fingerprint density at radius 2 is 2.00 bits per heavy atom. The van der Waals surface area contributed by atoms with Crippen molar-refractivity contribution >= 4 is 44.8 Å². The molecule has 2 rings (SSSR count). The minimum absolute atomic E-state index is 0.612. The van der Waals surface area contributed by atoms with Gasteiger partial charge in [0, 0.05) is 24.3 Å². The molecule has 6 heteroatoms. The molecule has 1 N–H and O–H groups in total. The molecular weight excluding hydrogens is 337 g/mol. The summed E-state index contributed by atoms with van der Waals surface area (Å²) in [5.74, 6) is 0. The lowest BCUT2D eigenvalue weighted by Gasteiger charge is -2.10. The van der Waals surface area contributed by atoms with Crippen LogP contribution in [-0.2, 0) is 13.5 Å². The first-order valence-corrected chi connectivity index (χ1v) is 6.97. The average molecular weight is 349 g/mol. The van der Waals surface area contributed by atoms with Crippen molar-refractivity contribution in [3.05, 3.63) is 44.6 Å². The molecule has 1 aromatic carbocycles. The highest BCUT2D eigenvalue weighted by atomic mass is 79.9. The zero-order valence-corrected chi connectivity index (χ0v) is 12.8. The Bertz CT molecular complexity index is 531. The molecule has 0 amide bonds. The molecule has 0 fully saturated rings. The first kappa shape index (κ1) is 13.7. The van der Waals surface area contributed by atoms with Gasteiger partial charge in [0.15, 0.2) is 0 Å². The zero-order valence-electron chi connectivity index (χ0n) is 9.75. The van der Waals surface area contributed by atoms with Crippen molar-refractivity contribution in [1.82, 2.24) is 9.78 Å². The van der Waals surface area contributed by atoms with Crippen LogP contribution in [0.4, 0.5) is 5.69 Å². The fraction of sp³-hybridized carbons (Fsp3) is 0.250. The summed E-state index contributed by atoms with van der Waals surface area (Å²) in [5.41, 5.74) is 1.94. The van der Waals surface area contributed by atoms with Crippen LogP contribution in [0.3, 0.4) is 0 Å². The second kappa shape index (κ2) is 5.95. The second-order valence-corrected chi connectivity index (χ2v) is 5.67. The number of rotatable bonds is 4. The average Bonchev–Trinajstić information content (AvgIpc) is 2.68. The summed E-state index contributed by atoms with van der Waals surface area (Å²) in [5, 5.41) is 8.59. The lowest BCUT2D eigenvalue weighted by atomic mass is 10.2. The molecule has 0 aliphatic heterocycles. The number of benzene rings is 1. The topological polar surface area (TPSA) is 29.9 Å². The maximum atomic E-state index is 6.13. The molecular formula is C12H12BrCl2N3. The van der Waals surface area contributed by atoms with E-state index in [0.29, 0.717) is 10.0 Å². The lowest BCUT2D eigenvalue weighted by molar-refractivity contribution is 0.767. The molecule has 3 nitrogen and oxygen atoms in total. The van der Waals surface area contributed by atoms with Crippen LogP contribution in [0.1, 0.15) is 5.56 Å². The molecule has 18 heavy (non-hydrogen) atoms. The summed E-state index contributed by atoms with van der Waals surface area (Å²) in [4.78, 5) is 0. The van der Waals surface area contributed by atoms with Gasteiger partial charge in [0.25, 0.3) is 0 Å². The van der Waals surface area contributed by atoms with Crippen molar-refractivity contribution in [3.8, 4) is 0 Å². The van der Waals surface area contributed by atoms with Crippen molar-refractivity contribution in [1.29, 1.82) is 0 Å². The Kier molecular flexibility index (Phi) is 4.54. The third kappa shape index (κ3) is 3.40. The van der Waals surface area contributed by atoms with Gasteiger partial charge in [-0.05, 0) is 24.1 Å². The number of nitrogens with one attached hydrogen (secondary N) is 1. The van der Waals surface area contributed by atoms with Gasteiger partial charge in [-0.3, -0.25) is 4.68 Å². The molecule has 0 radical (unpaired) electrons. The predicted octanol–water partition coefficient (Wildman–Crippen LogP) is 4.14. The molecule has 96 valence electrons. The van der Waals surface area contributed by atoms with E-state index in [1.165, 1.54) is 5.56 Å². The molecule has 0 spiro atoms. The number of aryl methyl sites for hydroxylation is 1. The number of aromatic nitrogens is 2. The van der Waals surface area contributed by atoms with Gasteiger partial charge in [0.2, 0.25) is 0 Å². The maximum absolute atomic E-state index is 6.13. The lowest BCUT2D eigenvalue weighted by Crippen LogP contribution is -2.05. The fourth-order valence-electron chi connectivity index (χ4n) is 1.64. The van der Waals surface area contributed by atoms with Gasteiger partial charge in [-0.25, -0.2) is 0 Å².